The molecule has 9 heteroatoms. The van der Waals surface area contributed by atoms with Crippen molar-refractivity contribution in [1.82, 2.24) is 15.5 Å². The summed E-state index contributed by atoms with van der Waals surface area (Å²) in [5, 5.41) is 24.8. The third kappa shape index (κ3) is 9.29. The summed E-state index contributed by atoms with van der Waals surface area (Å²) in [5.41, 5.74) is -0.205. The molecule has 1 aromatic rings. The van der Waals surface area contributed by atoms with Crippen LogP contribution in [-0.2, 0) is 11.2 Å². The fraction of sp³-hybridized carbons (Fsp3) is 0.731. The van der Waals surface area contributed by atoms with E-state index in [1.54, 1.807) is 4.90 Å². The van der Waals surface area contributed by atoms with Gasteiger partial charge in [0, 0.05) is 43.2 Å². The maximum atomic E-state index is 14.5. The number of aliphatic hydroxyl groups excluding tert-OH is 2. The predicted molar refractivity (Wildman–Crippen MR) is 130 cm³/mol. The van der Waals surface area contributed by atoms with Crippen LogP contribution in [0.25, 0.3) is 0 Å². The molecule has 2 heterocycles. The van der Waals surface area contributed by atoms with Gasteiger partial charge in [0.05, 0.1) is 25.7 Å². The Hall–Kier alpha value is -1.81. The summed E-state index contributed by atoms with van der Waals surface area (Å²) >= 11 is 0. The lowest BCUT2D eigenvalue weighted by molar-refractivity contribution is -0.136. The van der Waals surface area contributed by atoms with Crippen LogP contribution >= 0.6 is 0 Å². The number of hydrogen-bond donors (Lipinski definition) is 4. The Kier molecular flexibility index (Phi) is 11.6. The van der Waals surface area contributed by atoms with E-state index >= 15 is 0 Å². The molecule has 2 aliphatic heterocycles. The number of nitrogens with one attached hydrogen (secondary N) is 2. The highest BCUT2D eigenvalue weighted by atomic mass is 19.1. The number of amides is 1. The molecule has 4 N–H and O–H groups in total. The first-order chi connectivity index (χ1) is 17.0. The Morgan fingerprint density at radius 2 is 1.86 bits per heavy atom. The summed E-state index contributed by atoms with van der Waals surface area (Å²) in [6.45, 7) is 5.07. The number of carbonyl (C=O) groups is 1. The molecule has 0 saturated carbocycles. The number of halogens is 2. The van der Waals surface area contributed by atoms with Crippen LogP contribution in [0.1, 0.15) is 50.5 Å². The molecule has 2 saturated heterocycles. The van der Waals surface area contributed by atoms with Gasteiger partial charge in [-0.25, -0.2) is 8.78 Å². The van der Waals surface area contributed by atoms with Crippen LogP contribution in [0.2, 0.25) is 0 Å². The average Bonchev–Trinajstić information content (AvgIpc) is 2.82. The van der Waals surface area contributed by atoms with Crippen molar-refractivity contribution in [1.29, 1.82) is 0 Å². The first-order valence-electron chi connectivity index (χ1n) is 13.0. The zero-order chi connectivity index (χ0) is 25.0. The van der Waals surface area contributed by atoms with Gasteiger partial charge >= 0.3 is 0 Å². The van der Waals surface area contributed by atoms with E-state index in [4.69, 9.17) is 9.84 Å². The summed E-state index contributed by atoms with van der Waals surface area (Å²) in [5.74, 6) is -0.558. The normalized spacial score (nSPS) is 17.9. The molecule has 1 aromatic carbocycles. The molecule has 1 amide bonds. The number of ether oxygens (including phenoxy) is 1. The summed E-state index contributed by atoms with van der Waals surface area (Å²) < 4.78 is 34.6. The molecule has 2 aliphatic rings. The van der Waals surface area contributed by atoms with Crippen molar-refractivity contribution in [2.45, 2.75) is 57.5 Å². The SMILES string of the molecule is O=C(Cc1c(F)cc(OCCCC2CCNCC2)cc1F)N1CC(CNCCCC[C@H](O)CO)C1. The molecular weight excluding hydrogens is 456 g/mol. The highest BCUT2D eigenvalue weighted by Gasteiger charge is 2.31. The lowest BCUT2D eigenvalue weighted by Crippen LogP contribution is -2.53. The van der Waals surface area contributed by atoms with Crippen molar-refractivity contribution in [2.75, 3.05) is 52.5 Å². The predicted octanol–water partition coefficient (Wildman–Crippen LogP) is 2.24. The molecule has 0 aromatic heterocycles. The van der Waals surface area contributed by atoms with Gasteiger partial charge in [-0.3, -0.25) is 4.79 Å². The van der Waals surface area contributed by atoms with Gasteiger partial charge < -0.3 is 30.5 Å². The van der Waals surface area contributed by atoms with Gasteiger partial charge in [0.25, 0.3) is 0 Å². The van der Waals surface area contributed by atoms with E-state index in [0.717, 1.165) is 64.7 Å². The second kappa shape index (κ2) is 14.7. The smallest absolute Gasteiger partial charge is 0.227 e. The summed E-state index contributed by atoms with van der Waals surface area (Å²) in [7, 11) is 0. The molecular formula is C26H41F2N3O4. The highest BCUT2D eigenvalue weighted by molar-refractivity contribution is 5.79. The fourth-order valence-electron chi connectivity index (χ4n) is 4.76. The maximum absolute atomic E-state index is 14.5. The number of unbranched alkanes of at least 4 members (excludes halogenated alkanes) is 1. The van der Waals surface area contributed by atoms with Crippen molar-refractivity contribution in [3.63, 3.8) is 0 Å². The number of piperidine rings is 1. The molecule has 3 rings (SSSR count). The van der Waals surface area contributed by atoms with Crippen molar-refractivity contribution >= 4 is 5.91 Å². The van der Waals surface area contributed by atoms with E-state index in [9.17, 15) is 18.7 Å². The van der Waals surface area contributed by atoms with Gasteiger partial charge in [-0.15, -0.1) is 0 Å². The molecule has 7 nitrogen and oxygen atoms in total. The number of hydrogen-bond acceptors (Lipinski definition) is 6. The Morgan fingerprint density at radius 3 is 2.54 bits per heavy atom. The van der Waals surface area contributed by atoms with Crippen LogP contribution in [-0.4, -0.2) is 79.6 Å². The van der Waals surface area contributed by atoms with E-state index < -0.39 is 17.7 Å². The number of aliphatic hydroxyl groups is 2. The monoisotopic (exact) mass is 497 g/mol. The first kappa shape index (κ1) is 27.8. The Morgan fingerprint density at radius 1 is 1.14 bits per heavy atom. The number of likely N-dealkylation sites (tertiary alicyclic amines) is 1. The highest BCUT2D eigenvalue weighted by Crippen LogP contribution is 2.24. The standard InChI is InChI=1S/C26H41F2N3O4/c27-24-12-22(35-11-3-4-19-6-9-29-10-7-19)13-25(28)23(24)14-26(34)31-16-20(17-31)15-30-8-2-1-5-21(33)18-32/h12-13,19-21,29-30,32-33H,1-11,14-18H2/t21-/m0/s1. The molecule has 0 spiro atoms. The van der Waals surface area contributed by atoms with Crippen molar-refractivity contribution in [2.24, 2.45) is 11.8 Å². The molecule has 1 atom stereocenters. The van der Waals surface area contributed by atoms with E-state index in [1.807, 2.05) is 0 Å². The summed E-state index contributed by atoms with van der Waals surface area (Å²) in [6.07, 6.45) is 5.63. The van der Waals surface area contributed by atoms with Gasteiger partial charge in [-0.2, -0.15) is 0 Å². The molecule has 35 heavy (non-hydrogen) atoms. The van der Waals surface area contributed by atoms with Crippen molar-refractivity contribution < 1.29 is 28.5 Å². The number of rotatable bonds is 15. The minimum atomic E-state index is -0.739. The largest absolute Gasteiger partial charge is 0.493 e. The van der Waals surface area contributed by atoms with Gasteiger partial charge in [-0.1, -0.05) is 0 Å². The fourth-order valence-corrected chi connectivity index (χ4v) is 4.76. The third-order valence-corrected chi connectivity index (χ3v) is 7.02. The number of benzene rings is 1. The van der Waals surface area contributed by atoms with Crippen molar-refractivity contribution in [3.8, 4) is 5.75 Å². The van der Waals surface area contributed by atoms with E-state index in [2.05, 4.69) is 10.6 Å². The van der Waals surface area contributed by atoms with E-state index in [-0.39, 0.29) is 30.2 Å². The minimum absolute atomic E-state index is 0.169. The lowest BCUT2D eigenvalue weighted by atomic mass is 9.93. The summed E-state index contributed by atoms with van der Waals surface area (Å²) in [6, 6.07) is 2.36. The minimum Gasteiger partial charge on any atom is -0.493 e. The maximum Gasteiger partial charge on any atom is 0.227 e. The average molecular weight is 498 g/mol. The van der Waals surface area contributed by atoms with E-state index in [1.165, 1.54) is 12.1 Å². The molecule has 0 unspecified atom stereocenters. The molecule has 2 fully saturated rings. The zero-order valence-electron chi connectivity index (χ0n) is 20.6. The van der Waals surface area contributed by atoms with Crippen molar-refractivity contribution in [3.05, 3.63) is 29.3 Å². The molecule has 198 valence electrons. The molecule has 0 radical (unpaired) electrons. The van der Waals surface area contributed by atoms with E-state index in [0.29, 0.717) is 38.0 Å². The quantitative estimate of drug-likeness (QED) is 0.278. The van der Waals surface area contributed by atoms with Gasteiger partial charge in [0.15, 0.2) is 0 Å². The van der Waals surface area contributed by atoms with Crippen LogP contribution in [0.5, 0.6) is 5.75 Å². The van der Waals surface area contributed by atoms with Gasteiger partial charge in [0.2, 0.25) is 5.91 Å². The number of carbonyl (C=O) groups excluding carboxylic acids is 1. The second-order valence-corrected chi connectivity index (χ2v) is 9.93. The van der Waals surface area contributed by atoms with Gasteiger partial charge in [-0.05, 0) is 70.5 Å². The van der Waals surface area contributed by atoms with Crippen LogP contribution in [0.3, 0.4) is 0 Å². The molecule has 0 bridgehead atoms. The molecule has 0 aliphatic carbocycles. The number of nitrogens with zero attached hydrogens (tertiary/aromatic N) is 1. The summed E-state index contributed by atoms with van der Waals surface area (Å²) in [4.78, 5) is 14.1. The van der Waals surface area contributed by atoms with Crippen LogP contribution in [0, 0.1) is 23.5 Å². The Labute approximate surface area is 207 Å². The van der Waals surface area contributed by atoms with Crippen LogP contribution in [0.15, 0.2) is 12.1 Å². The van der Waals surface area contributed by atoms with Gasteiger partial charge in [0.1, 0.15) is 17.4 Å². The zero-order valence-corrected chi connectivity index (χ0v) is 20.6. The Bertz CT molecular complexity index is 763. The topological polar surface area (TPSA) is 94.1 Å². The second-order valence-electron chi connectivity index (χ2n) is 9.93. The first-order valence-corrected chi connectivity index (χ1v) is 13.0. The van der Waals surface area contributed by atoms with Crippen LogP contribution in [0.4, 0.5) is 8.78 Å². The van der Waals surface area contributed by atoms with Crippen LogP contribution < -0.4 is 15.4 Å². The third-order valence-electron chi connectivity index (χ3n) is 7.02. The lowest BCUT2D eigenvalue weighted by Gasteiger charge is -2.39. The Balaban J connectivity index is 1.31.